The summed E-state index contributed by atoms with van der Waals surface area (Å²) in [7, 11) is -3.61. The Morgan fingerprint density at radius 2 is 1.91 bits per heavy atom. The van der Waals surface area contributed by atoms with Gasteiger partial charge >= 0.3 is 0 Å². The van der Waals surface area contributed by atoms with Crippen molar-refractivity contribution in [3.05, 3.63) is 28.2 Å². The minimum atomic E-state index is -3.61. The van der Waals surface area contributed by atoms with Crippen molar-refractivity contribution in [1.29, 1.82) is 0 Å². The van der Waals surface area contributed by atoms with Gasteiger partial charge in [0, 0.05) is 24.2 Å². The number of nitrogens with zero attached hydrogens (tertiary/aromatic N) is 1. The molecule has 2 fully saturated rings. The van der Waals surface area contributed by atoms with Crippen molar-refractivity contribution < 1.29 is 8.42 Å². The molecule has 0 aromatic heterocycles. The first-order valence-electron chi connectivity index (χ1n) is 7.10. The first kappa shape index (κ1) is 18.3. The maximum Gasteiger partial charge on any atom is 0.244 e. The van der Waals surface area contributed by atoms with E-state index in [1.54, 1.807) is 6.07 Å². The van der Waals surface area contributed by atoms with Crippen molar-refractivity contribution in [2.75, 3.05) is 13.1 Å². The highest BCUT2D eigenvalue weighted by atomic mass is 35.5. The first-order chi connectivity index (χ1) is 9.89. The molecule has 1 aliphatic heterocycles. The summed E-state index contributed by atoms with van der Waals surface area (Å²) in [6, 6.07) is 4.62. The summed E-state index contributed by atoms with van der Waals surface area (Å²) < 4.78 is 27.1. The SMILES string of the molecule is Cl.NC1CCCC2CN(S(=O)(=O)c3cc(Cl)ccc3Cl)CC12. The largest absolute Gasteiger partial charge is 0.327 e. The van der Waals surface area contributed by atoms with E-state index in [1.807, 2.05) is 0 Å². The van der Waals surface area contributed by atoms with Crippen LogP contribution < -0.4 is 5.73 Å². The normalized spacial score (nSPS) is 29.0. The quantitative estimate of drug-likeness (QED) is 0.850. The highest BCUT2D eigenvalue weighted by Gasteiger charge is 2.43. The fraction of sp³-hybridized carbons (Fsp3) is 0.571. The molecule has 3 unspecified atom stereocenters. The van der Waals surface area contributed by atoms with Crippen LogP contribution in [0.1, 0.15) is 19.3 Å². The van der Waals surface area contributed by atoms with Gasteiger partial charge in [0.25, 0.3) is 0 Å². The Hall–Kier alpha value is -0.0400. The zero-order chi connectivity index (χ0) is 15.2. The van der Waals surface area contributed by atoms with Crippen molar-refractivity contribution in [3.63, 3.8) is 0 Å². The van der Waals surface area contributed by atoms with Gasteiger partial charge in [0.1, 0.15) is 4.90 Å². The third-order valence-corrected chi connectivity index (χ3v) is 7.18. The van der Waals surface area contributed by atoms with E-state index in [9.17, 15) is 8.42 Å². The molecule has 1 aromatic rings. The highest BCUT2D eigenvalue weighted by molar-refractivity contribution is 7.89. The van der Waals surface area contributed by atoms with Crippen LogP contribution in [0.5, 0.6) is 0 Å². The van der Waals surface area contributed by atoms with Gasteiger partial charge in [-0.2, -0.15) is 4.31 Å². The van der Waals surface area contributed by atoms with E-state index in [-0.39, 0.29) is 34.3 Å². The molecule has 2 aliphatic rings. The molecule has 124 valence electrons. The molecule has 3 atom stereocenters. The van der Waals surface area contributed by atoms with E-state index in [0.717, 1.165) is 19.3 Å². The van der Waals surface area contributed by atoms with E-state index in [4.69, 9.17) is 28.9 Å². The van der Waals surface area contributed by atoms with E-state index in [2.05, 4.69) is 0 Å². The van der Waals surface area contributed by atoms with Crippen LogP contribution in [-0.2, 0) is 10.0 Å². The van der Waals surface area contributed by atoms with Gasteiger partial charge in [-0.05, 0) is 42.9 Å². The molecular weight excluding hydrogens is 367 g/mol. The van der Waals surface area contributed by atoms with Gasteiger partial charge in [-0.25, -0.2) is 8.42 Å². The summed E-state index contributed by atoms with van der Waals surface area (Å²) in [5, 5.41) is 0.574. The first-order valence-corrected chi connectivity index (χ1v) is 9.30. The number of rotatable bonds is 2. The Balaban J connectivity index is 0.00000176. The summed E-state index contributed by atoms with van der Waals surface area (Å²) in [4.78, 5) is 0.0869. The molecule has 1 aromatic carbocycles. The number of nitrogens with two attached hydrogens (primary N) is 1. The van der Waals surface area contributed by atoms with Crippen molar-refractivity contribution in [3.8, 4) is 0 Å². The Morgan fingerprint density at radius 1 is 1.18 bits per heavy atom. The zero-order valence-corrected chi connectivity index (χ0v) is 15.1. The maximum atomic E-state index is 12.8. The minimum Gasteiger partial charge on any atom is -0.327 e. The Morgan fingerprint density at radius 3 is 2.59 bits per heavy atom. The summed E-state index contributed by atoms with van der Waals surface area (Å²) in [5.41, 5.74) is 6.15. The Labute approximate surface area is 147 Å². The third kappa shape index (κ3) is 3.25. The molecule has 0 radical (unpaired) electrons. The van der Waals surface area contributed by atoms with Crippen molar-refractivity contribution >= 4 is 45.6 Å². The van der Waals surface area contributed by atoms with Crippen LogP contribution >= 0.6 is 35.6 Å². The van der Waals surface area contributed by atoms with Crippen LogP contribution in [0.4, 0.5) is 0 Å². The molecule has 1 aliphatic carbocycles. The summed E-state index contributed by atoms with van der Waals surface area (Å²) >= 11 is 12.0. The number of halogens is 3. The predicted octanol–water partition coefficient (Wildman–Crippen LogP) is 3.16. The lowest BCUT2D eigenvalue weighted by atomic mass is 9.78. The lowest BCUT2D eigenvalue weighted by Gasteiger charge is -2.29. The standard InChI is InChI=1S/C14H18Cl2N2O2S.ClH/c15-10-4-5-12(16)14(6-10)21(19,20)18-7-9-2-1-3-13(17)11(9)8-18;/h4-6,9,11,13H,1-3,7-8,17H2;1H. The van der Waals surface area contributed by atoms with E-state index >= 15 is 0 Å². The van der Waals surface area contributed by atoms with Gasteiger partial charge < -0.3 is 5.73 Å². The highest BCUT2D eigenvalue weighted by Crippen LogP contribution is 2.39. The number of hydrogen-bond donors (Lipinski definition) is 1. The smallest absolute Gasteiger partial charge is 0.244 e. The second-order valence-corrected chi connectivity index (χ2v) is 8.67. The molecule has 3 rings (SSSR count). The van der Waals surface area contributed by atoms with E-state index in [1.165, 1.54) is 16.4 Å². The van der Waals surface area contributed by atoms with E-state index < -0.39 is 10.0 Å². The lowest BCUT2D eigenvalue weighted by molar-refractivity contribution is 0.260. The van der Waals surface area contributed by atoms with Gasteiger partial charge in [0.05, 0.1) is 5.02 Å². The van der Waals surface area contributed by atoms with Crippen LogP contribution in [0.2, 0.25) is 10.0 Å². The molecule has 8 heteroatoms. The lowest BCUT2D eigenvalue weighted by Crippen LogP contribution is -2.38. The maximum absolute atomic E-state index is 12.8. The molecular formula is C14H19Cl3N2O2S. The van der Waals surface area contributed by atoms with Gasteiger partial charge in [-0.1, -0.05) is 29.6 Å². The van der Waals surface area contributed by atoms with Crippen molar-refractivity contribution in [2.24, 2.45) is 17.6 Å². The zero-order valence-electron chi connectivity index (χ0n) is 11.9. The van der Waals surface area contributed by atoms with Gasteiger partial charge in [0.15, 0.2) is 0 Å². The second-order valence-electron chi connectivity index (χ2n) is 5.92. The second kappa shape index (κ2) is 6.83. The third-order valence-electron chi connectivity index (χ3n) is 4.63. The number of hydrogen-bond acceptors (Lipinski definition) is 3. The molecule has 0 amide bonds. The predicted molar refractivity (Wildman–Crippen MR) is 91.3 cm³/mol. The van der Waals surface area contributed by atoms with E-state index in [0.29, 0.717) is 24.0 Å². The molecule has 2 N–H and O–H groups in total. The van der Waals surface area contributed by atoms with Crippen molar-refractivity contribution in [1.82, 2.24) is 4.31 Å². The van der Waals surface area contributed by atoms with Crippen molar-refractivity contribution in [2.45, 2.75) is 30.2 Å². The topological polar surface area (TPSA) is 63.4 Å². The average molecular weight is 386 g/mol. The Kier molecular flexibility index (Phi) is 5.68. The molecule has 0 bridgehead atoms. The van der Waals surface area contributed by atoms with Gasteiger partial charge in [0.2, 0.25) is 10.0 Å². The number of sulfonamides is 1. The minimum absolute atomic E-state index is 0. The summed E-state index contributed by atoms with van der Waals surface area (Å²) in [5.74, 6) is 0.618. The Bertz CT molecular complexity index is 653. The van der Waals surface area contributed by atoms with Crippen LogP contribution in [0.3, 0.4) is 0 Å². The molecule has 0 spiro atoms. The monoisotopic (exact) mass is 384 g/mol. The molecule has 22 heavy (non-hydrogen) atoms. The van der Waals surface area contributed by atoms with Gasteiger partial charge in [-0.3, -0.25) is 0 Å². The fourth-order valence-corrected chi connectivity index (χ4v) is 5.76. The molecule has 1 heterocycles. The molecule has 1 saturated heterocycles. The van der Waals surface area contributed by atoms with Crippen LogP contribution in [-0.4, -0.2) is 31.9 Å². The number of benzene rings is 1. The summed E-state index contributed by atoms with van der Waals surface area (Å²) in [6.07, 6.45) is 3.11. The van der Waals surface area contributed by atoms with Crippen LogP contribution in [0, 0.1) is 11.8 Å². The molecule has 1 saturated carbocycles. The fourth-order valence-electron chi connectivity index (χ4n) is 3.49. The number of fused-ring (bicyclic) bond motifs is 1. The van der Waals surface area contributed by atoms with Crippen LogP contribution in [0.15, 0.2) is 23.1 Å². The average Bonchev–Trinajstić information content (AvgIpc) is 2.88. The molecule has 4 nitrogen and oxygen atoms in total. The van der Waals surface area contributed by atoms with Gasteiger partial charge in [-0.15, -0.1) is 12.4 Å². The summed E-state index contributed by atoms with van der Waals surface area (Å²) in [6.45, 7) is 1.01. The van der Waals surface area contributed by atoms with Crippen LogP contribution in [0.25, 0.3) is 0 Å².